The molecule has 0 heterocycles. The molecule has 0 aromatic heterocycles. The number of nitrogens with zero attached hydrogens (tertiary/aromatic N) is 4. The average Bonchev–Trinajstić information content (AvgIpc) is 2.22. The first-order valence-corrected chi connectivity index (χ1v) is 2.85. The van der Waals surface area contributed by atoms with Gasteiger partial charge < -0.3 is 32.3 Å². The summed E-state index contributed by atoms with van der Waals surface area (Å²) in [6.07, 6.45) is 0. The second-order valence-electron chi connectivity index (χ2n) is 0.904. The zero-order chi connectivity index (χ0) is 14.2. The maximum atomic E-state index is 8.11. The van der Waals surface area contributed by atoms with Crippen LogP contribution in [0.3, 0.4) is 0 Å². The van der Waals surface area contributed by atoms with E-state index >= 15 is 0 Å². The summed E-state index contributed by atoms with van der Waals surface area (Å²) in [5.74, 6) is 0. The van der Waals surface area contributed by atoms with Gasteiger partial charge in [-0.05, 0) is 0 Å². The van der Waals surface area contributed by atoms with Crippen molar-refractivity contribution < 1.29 is 37.6 Å². The molecule has 0 aliphatic carbocycles. The average molecular weight is 307 g/mol. The van der Waals surface area contributed by atoms with Crippen molar-refractivity contribution >= 4 is 0 Å². The third kappa shape index (κ3) is 2140. The maximum Gasteiger partial charge on any atom is 0.152 e. The van der Waals surface area contributed by atoms with Gasteiger partial charge in [0, 0.05) is 29.9 Å². The molecular formula is C2H12CoN6O8. The Bertz CT molecular complexity index is 101. The molecule has 0 spiro atoms. The molecule has 0 fully saturated rings. The third-order valence-electron chi connectivity index (χ3n) is 0.167. The Balaban J connectivity index is -0.0000000221. The number of nitrogens with two attached hydrogens (primary N) is 2. The fourth-order valence-corrected chi connectivity index (χ4v) is 0. The van der Waals surface area contributed by atoms with Crippen molar-refractivity contribution in [1.29, 1.82) is 0 Å². The normalized spacial score (nSPS) is 4.59. The second-order valence-corrected chi connectivity index (χ2v) is 0.904. The number of hydrogen-bond donors (Lipinski definition) is 6. The Morgan fingerprint density at radius 3 is 0.706 bits per heavy atom. The van der Waals surface area contributed by atoms with Gasteiger partial charge in [-0.1, -0.05) is 0 Å². The molecule has 8 N–H and O–H groups in total. The van der Waals surface area contributed by atoms with Crippen molar-refractivity contribution in [3.05, 3.63) is 19.6 Å². The SMILES string of the molecule is NCCN.O=NO.O=NO.O=NO.O=NO.[Co]. The molecule has 0 unspecified atom stereocenters. The Kier molecular flexibility index (Phi) is 313. The largest absolute Gasteiger partial charge is 0.379 e. The minimum Gasteiger partial charge on any atom is -0.379 e. The smallest absolute Gasteiger partial charge is 0.152 e. The van der Waals surface area contributed by atoms with Crippen LogP contribution in [0.2, 0.25) is 0 Å². The van der Waals surface area contributed by atoms with E-state index in [9.17, 15) is 0 Å². The standard InChI is InChI=1S/C2H8N2.Co.4HNO2/c3-1-2-4;;4*2-1-3/h1-4H2;;4*(H,2,3). The predicted octanol–water partition coefficient (Wildman–Crippen LogP) is -0.531. The Labute approximate surface area is 104 Å². The van der Waals surface area contributed by atoms with Crippen molar-refractivity contribution in [1.82, 2.24) is 0 Å². The van der Waals surface area contributed by atoms with Crippen LogP contribution in [0.15, 0.2) is 21.4 Å². The Morgan fingerprint density at radius 2 is 0.706 bits per heavy atom. The summed E-state index contributed by atoms with van der Waals surface area (Å²) in [6, 6.07) is 0. The number of rotatable bonds is 1. The molecule has 0 aromatic carbocycles. The van der Waals surface area contributed by atoms with Gasteiger partial charge in [0.05, 0.1) is 0 Å². The molecule has 0 rings (SSSR count). The first-order valence-electron chi connectivity index (χ1n) is 2.85. The van der Waals surface area contributed by atoms with Crippen LogP contribution >= 0.6 is 0 Å². The van der Waals surface area contributed by atoms with Gasteiger partial charge in [0.15, 0.2) is 21.4 Å². The summed E-state index contributed by atoms with van der Waals surface area (Å²) >= 11 is 0. The quantitative estimate of drug-likeness (QED) is 0.266. The van der Waals surface area contributed by atoms with Crippen LogP contribution in [0, 0.1) is 19.6 Å². The third-order valence-corrected chi connectivity index (χ3v) is 0.167. The van der Waals surface area contributed by atoms with Crippen molar-refractivity contribution in [3.8, 4) is 0 Å². The van der Waals surface area contributed by atoms with Crippen LogP contribution in [0.4, 0.5) is 0 Å². The molecule has 0 aliphatic rings. The van der Waals surface area contributed by atoms with E-state index in [1.54, 1.807) is 0 Å². The second kappa shape index (κ2) is 147. The van der Waals surface area contributed by atoms with Crippen LogP contribution in [0.25, 0.3) is 0 Å². The summed E-state index contributed by atoms with van der Waals surface area (Å²) in [5, 5.41) is 31.6. The molecule has 14 nitrogen and oxygen atoms in total. The minimum atomic E-state index is 0. The van der Waals surface area contributed by atoms with E-state index in [1.165, 1.54) is 21.4 Å². The molecule has 0 aliphatic heterocycles. The summed E-state index contributed by atoms with van der Waals surface area (Å²) in [4.78, 5) is 32.4. The minimum absolute atomic E-state index is 0. The van der Waals surface area contributed by atoms with Gasteiger partial charge >= 0.3 is 0 Å². The molecule has 15 heteroatoms. The summed E-state index contributed by atoms with van der Waals surface area (Å²) in [6.45, 7) is 1.19. The molecule has 1 radical (unpaired) electrons. The van der Waals surface area contributed by atoms with Crippen LogP contribution < -0.4 is 11.5 Å². The van der Waals surface area contributed by atoms with E-state index < -0.39 is 0 Å². The van der Waals surface area contributed by atoms with Crippen LogP contribution in [-0.2, 0) is 16.8 Å². The van der Waals surface area contributed by atoms with Crippen molar-refractivity contribution in [2.24, 2.45) is 32.8 Å². The zero-order valence-electron chi connectivity index (χ0n) is 8.11. The van der Waals surface area contributed by atoms with Crippen LogP contribution in [0.5, 0.6) is 0 Å². The first kappa shape index (κ1) is 36.3. The summed E-state index contributed by atoms with van der Waals surface area (Å²) in [5.41, 5.74) is 9.81. The van der Waals surface area contributed by atoms with Gasteiger partial charge in [-0.25, -0.2) is 0 Å². The molecule has 0 atom stereocenters. The van der Waals surface area contributed by atoms with Crippen molar-refractivity contribution in [2.75, 3.05) is 13.1 Å². The predicted molar refractivity (Wildman–Crippen MR) is 48.4 cm³/mol. The summed E-state index contributed by atoms with van der Waals surface area (Å²) in [7, 11) is 0. The molecule has 0 aromatic rings. The van der Waals surface area contributed by atoms with Gasteiger partial charge in [-0.15, -0.1) is 19.6 Å². The molecule has 107 valence electrons. The van der Waals surface area contributed by atoms with Gasteiger partial charge in [0.25, 0.3) is 0 Å². The Morgan fingerprint density at radius 1 is 0.647 bits per heavy atom. The van der Waals surface area contributed by atoms with E-state index in [0.29, 0.717) is 13.1 Å². The van der Waals surface area contributed by atoms with E-state index in [4.69, 9.17) is 51.9 Å². The molecule has 0 saturated carbocycles. The van der Waals surface area contributed by atoms with Gasteiger partial charge in [0.2, 0.25) is 0 Å². The van der Waals surface area contributed by atoms with Crippen molar-refractivity contribution in [3.63, 3.8) is 0 Å². The van der Waals surface area contributed by atoms with E-state index in [1.807, 2.05) is 0 Å². The molecule has 0 saturated heterocycles. The van der Waals surface area contributed by atoms with Gasteiger partial charge in [-0.3, -0.25) is 0 Å². The van der Waals surface area contributed by atoms with Gasteiger partial charge in [-0.2, -0.15) is 0 Å². The van der Waals surface area contributed by atoms with Crippen molar-refractivity contribution in [2.45, 2.75) is 0 Å². The van der Waals surface area contributed by atoms with Crippen LogP contribution in [-0.4, -0.2) is 33.9 Å². The monoisotopic (exact) mass is 307 g/mol. The number of hydrogen-bond acceptors (Lipinski definition) is 10. The fraction of sp³-hybridized carbons (Fsp3) is 1.00. The van der Waals surface area contributed by atoms with Crippen LogP contribution in [0.1, 0.15) is 0 Å². The molecule has 17 heavy (non-hydrogen) atoms. The van der Waals surface area contributed by atoms with E-state index in [-0.39, 0.29) is 16.8 Å². The zero-order valence-corrected chi connectivity index (χ0v) is 9.15. The molecule has 0 bridgehead atoms. The van der Waals surface area contributed by atoms with Gasteiger partial charge in [0.1, 0.15) is 0 Å². The fourth-order valence-electron chi connectivity index (χ4n) is 0. The Hall–Kier alpha value is -1.97. The maximum absolute atomic E-state index is 8.11. The molecular weight excluding hydrogens is 295 g/mol. The first-order chi connectivity index (χ1) is 7.57. The van der Waals surface area contributed by atoms with E-state index in [2.05, 4.69) is 0 Å². The van der Waals surface area contributed by atoms with E-state index in [0.717, 1.165) is 0 Å². The summed E-state index contributed by atoms with van der Waals surface area (Å²) < 4.78 is 0. The topological polar surface area (TPSA) is 251 Å². The molecule has 0 amide bonds.